The third-order valence-electron chi connectivity index (χ3n) is 2.56. The van der Waals surface area contributed by atoms with Crippen LogP contribution in [0.5, 0.6) is 0 Å². The molecule has 3 amide bonds. The first-order chi connectivity index (χ1) is 8.54. The molecule has 1 aromatic heterocycles. The van der Waals surface area contributed by atoms with Crippen LogP contribution in [0.4, 0.5) is 4.79 Å². The van der Waals surface area contributed by atoms with Gasteiger partial charge in [-0.3, -0.25) is 20.4 Å². The number of urea groups is 1. The molecule has 0 saturated carbocycles. The monoisotopic (exact) mass is 250 g/mol. The fourth-order valence-corrected chi connectivity index (χ4v) is 1.48. The molecule has 6 heteroatoms. The van der Waals surface area contributed by atoms with Gasteiger partial charge in [0.15, 0.2) is 0 Å². The van der Waals surface area contributed by atoms with Crippen molar-refractivity contribution >= 4 is 11.9 Å². The largest absolute Gasteiger partial charge is 0.341 e. The number of pyridine rings is 1. The zero-order valence-corrected chi connectivity index (χ0v) is 10.7. The van der Waals surface area contributed by atoms with E-state index in [0.717, 1.165) is 5.56 Å². The molecule has 3 N–H and O–H groups in total. The van der Waals surface area contributed by atoms with Crippen molar-refractivity contribution in [3.8, 4) is 0 Å². The standard InChI is InChI=1S/C12H18N4O2/c1-8(10-4-6-14-7-5-10)15-9(2)11(17)16-12(18)13-3/h4-9,15H,1-3H3,(H2,13,16,17,18)/t8-,9?/m1/s1. The second kappa shape index (κ2) is 6.70. The van der Waals surface area contributed by atoms with E-state index in [1.807, 2.05) is 19.1 Å². The first kappa shape index (κ1) is 14.1. The summed E-state index contributed by atoms with van der Waals surface area (Å²) >= 11 is 0. The van der Waals surface area contributed by atoms with Gasteiger partial charge in [-0.15, -0.1) is 0 Å². The van der Waals surface area contributed by atoms with Crippen molar-refractivity contribution in [1.82, 2.24) is 20.9 Å². The Hall–Kier alpha value is -1.95. The predicted molar refractivity (Wildman–Crippen MR) is 67.8 cm³/mol. The predicted octanol–water partition coefficient (Wildman–Crippen LogP) is 0.576. The van der Waals surface area contributed by atoms with E-state index in [4.69, 9.17) is 0 Å². The maximum atomic E-state index is 11.6. The Morgan fingerprint density at radius 3 is 2.39 bits per heavy atom. The molecular formula is C12H18N4O2. The zero-order valence-electron chi connectivity index (χ0n) is 10.7. The minimum atomic E-state index is -0.509. The zero-order chi connectivity index (χ0) is 13.5. The number of imide groups is 1. The van der Waals surface area contributed by atoms with Gasteiger partial charge in [0.05, 0.1) is 6.04 Å². The Bertz CT molecular complexity index is 408. The molecule has 1 unspecified atom stereocenters. The van der Waals surface area contributed by atoms with Crippen molar-refractivity contribution in [3.63, 3.8) is 0 Å². The number of nitrogens with one attached hydrogen (secondary N) is 3. The van der Waals surface area contributed by atoms with Gasteiger partial charge in [-0.25, -0.2) is 4.79 Å². The summed E-state index contributed by atoms with van der Waals surface area (Å²) in [5, 5.41) is 7.66. The molecule has 18 heavy (non-hydrogen) atoms. The lowest BCUT2D eigenvalue weighted by Crippen LogP contribution is -2.47. The summed E-state index contributed by atoms with van der Waals surface area (Å²) in [5.74, 6) is -0.366. The van der Waals surface area contributed by atoms with Gasteiger partial charge in [-0.1, -0.05) is 0 Å². The van der Waals surface area contributed by atoms with Crippen molar-refractivity contribution < 1.29 is 9.59 Å². The molecule has 2 atom stereocenters. The lowest BCUT2D eigenvalue weighted by Gasteiger charge is -2.19. The first-order valence-electron chi connectivity index (χ1n) is 5.73. The Balaban J connectivity index is 2.52. The Morgan fingerprint density at radius 1 is 1.22 bits per heavy atom. The van der Waals surface area contributed by atoms with Crippen molar-refractivity contribution in [1.29, 1.82) is 0 Å². The fraction of sp³-hybridized carbons (Fsp3) is 0.417. The lowest BCUT2D eigenvalue weighted by molar-refractivity contribution is -0.121. The van der Waals surface area contributed by atoms with E-state index in [2.05, 4.69) is 20.9 Å². The smallest absolute Gasteiger partial charge is 0.321 e. The van der Waals surface area contributed by atoms with Gasteiger partial charge < -0.3 is 5.32 Å². The number of amides is 3. The van der Waals surface area contributed by atoms with Crippen LogP contribution in [-0.4, -0.2) is 30.0 Å². The molecule has 1 rings (SSSR count). The second-order valence-corrected chi connectivity index (χ2v) is 3.96. The van der Waals surface area contributed by atoms with E-state index in [-0.39, 0.29) is 11.9 Å². The minimum absolute atomic E-state index is 0.00145. The van der Waals surface area contributed by atoms with Crippen LogP contribution in [0.2, 0.25) is 0 Å². The highest BCUT2D eigenvalue weighted by Crippen LogP contribution is 2.10. The molecule has 1 heterocycles. The lowest BCUT2D eigenvalue weighted by atomic mass is 10.1. The molecule has 6 nitrogen and oxygen atoms in total. The van der Waals surface area contributed by atoms with Gasteiger partial charge >= 0.3 is 6.03 Å². The van der Waals surface area contributed by atoms with Gasteiger partial charge in [0.25, 0.3) is 0 Å². The molecule has 0 aliphatic rings. The van der Waals surface area contributed by atoms with E-state index in [9.17, 15) is 9.59 Å². The first-order valence-corrected chi connectivity index (χ1v) is 5.73. The van der Waals surface area contributed by atoms with Crippen molar-refractivity contribution in [2.45, 2.75) is 25.9 Å². The number of nitrogens with zero attached hydrogens (tertiary/aromatic N) is 1. The van der Waals surface area contributed by atoms with Crippen LogP contribution in [0.15, 0.2) is 24.5 Å². The maximum Gasteiger partial charge on any atom is 0.321 e. The van der Waals surface area contributed by atoms with Gasteiger partial charge in [-0.2, -0.15) is 0 Å². The van der Waals surface area contributed by atoms with Crippen LogP contribution >= 0.6 is 0 Å². The van der Waals surface area contributed by atoms with Crippen LogP contribution in [0.25, 0.3) is 0 Å². The van der Waals surface area contributed by atoms with E-state index >= 15 is 0 Å². The summed E-state index contributed by atoms with van der Waals surface area (Å²) in [4.78, 5) is 26.6. The second-order valence-electron chi connectivity index (χ2n) is 3.96. The molecule has 0 aliphatic heterocycles. The highest BCUT2D eigenvalue weighted by Gasteiger charge is 2.17. The van der Waals surface area contributed by atoms with Crippen molar-refractivity contribution in [2.75, 3.05) is 7.05 Å². The molecule has 1 aromatic rings. The average Bonchev–Trinajstić information content (AvgIpc) is 2.39. The molecule has 0 bridgehead atoms. The summed E-state index contributed by atoms with van der Waals surface area (Å²) in [6, 6.07) is 2.77. The summed E-state index contributed by atoms with van der Waals surface area (Å²) in [6.07, 6.45) is 3.39. The third-order valence-corrected chi connectivity index (χ3v) is 2.56. The van der Waals surface area contributed by atoms with E-state index < -0.39 is 12.1 Å². The van der Waals surface area contributed by atoms with E-state index in [1.54, 1.807) is 19.3 Å². The average molecular weight is 250 g/mol. The maximum absolute atomic E-state index is 11.6. The van der Waals surface area contributed by atoms with E-state index in [1.165, 1.54) is 7.05 Å². The molecule has 0 aromatic carbocycles. The summed E-state index contributed by atoms with van der Waals surface area (Å²) < 4.78 is 0. The molecule has 0 radical (unpaired) electrons. The number of hydrogen-bond donors (Lipinski definition) is 3. The van der Waals surface area contributed by atoms with Crippen molar-refractivity contribution in [3.05, 3.63) is 30.1 Å². The molecule has 98 valence electrons. The molecular weight excluding hydrogens is 232 g/mol. The van der Waals surface area contributed by atoms with Crippen LogP contribution < -0.4 is 16.0 Å². The van der Waals surface area contributed by atoms with Gasteiger partial charge in [-0.05, 0) is 31.5 Å². The summed E-state index contributed by atoms with van der Waals surface area (Å²) in [6.45, 7) is 3.65. The SMILES string of the molecule is CNC(=O)NC(=O)C(C)N[C@H](C)c1ccncc1. The van der Waals surface area contributed by atoms with Crippen LogP contribution in [-0.2, 0) is 4.79 Å². The number of carbonyl (C=O) groups is 2. The molecule has 0 aliphatic carbocycles. The number of rotatable bonds is 4. The normalized spacial score (nSPS) is 13.5. The topological polar surface area (TPSA) is 83.1 Å². The highest BCUT2D eigenvalue weighted by molar-refractivity contribution is 5.96. The summed E-state index contributed by atoms with van der Waals surface area (Å²) in [7, 11) is 1.46. The number of carbonyl (C=O) groups excluding carboxylic acids is 2. The van der Waals surface area contributed by atoms with Crippen molar-refractivity contribution in [2.24, 2.45) is 0 Å². The molecule has 0 spiro atoms. The van der Waals surface area contributed by atoms with Crippen LogP contribution in [0, 0.1) is 0 Å². The molecule has 0 fully saturated rings. The van der Waals surface area contributed by atoms with Gasteiger partial charge in [0.2, 0.25) is 5.91 Å². The Morgan fingerprint density at radius 2 is 1.83 bits per heavy atom. The number of hydrogen-bond acceptors (Lipinski definition) is 4. The summed E-state index contributed by atoms with van der Waals surface area (Å²) in [5.41, 5.74) is 1.03. The van der Waals surface area contributed by atoms with Crippen LogP contribution in [0.1, 0.15) is 25.5 Å². The minimum Gasteiger partial charge on any atom is -0.341 e. The molecule has 0 saturated heterocycles. The third kappa shape index (κ3) is 4.14. The Labute approximate surface area is 106 Å². The van der Waals surface area contributed by atoms with Gasteiger partial charge in [0, 0.05) is 25.5 Å². The number of aromatic nitrogens is 1. The van der Waals surface area contributed by atoms with Crippen LogP contribution in [0.3, 0.4) is 0 Å². The Kier molecular flexibility index (Phi) is 5.26. The highest BCUT2D eigenvalue weighted by atomic mass is 16.2. The van der Waals surface area contributed by atoms with E-state index in [0.29, 0.717) is 0 Å². The van der Waals surface area contributed by atoms with Gasteiger partial charge in [0.1, 0.15) is 0 Å². The fourth-order valence-electron chi connectivity index (χ4n) is 1.48. The quantitative estimate of drug-likeness (QED) is 0.730.